The first-order valence-electron chi connectivity index (χ1n) is 9.50. The van der Waals surface area contributed by atoms with Crippen molar-refractivity contribution in [1.29, 1.82) is 0 Å². The number of pyridine rings is 1. The minimum Gasteiger partial charge on any atom is -0.545 e. The molecule has 3 aromatic rings. The fourth-order valence-electron chi connectivity index (χ4n) is 3.92. The van der Waals surface area contributed by atoms with Crippen LogP contribution in [-0.2, 0) is 6.54 Å². The van der Waals surface area contributed by atoms with Gasteiger partial charge in [-0.3, -0.25) is 10.1 Å². The third-order valence-corrected chi connectivity index (χ3v) is 5.70. The highest BCUT2D eigenvalue weighted by Gasteiger charge is 2.28. The first-order valence-corrected chi connectivity index (χ1v) is 9.88. The third kappa shape index (κ3) is 3.53. The summed E-state index contributed by atoms with van der Waals surface area (Å²) in [6.45, 7) is 3.96. The molecule has 8 heteroatoms. The molecular formula is C22H18ClN3O4. The van der Waals surface area contributed by atoms with Crippen molar-refractivity contribution in [2.75, 3.05) is 13.1 Å². The number of nitro groups is 1. The Kier molecular flexibility index (Phi) is 5.24. The van der Waals surface area contributed by atoms with E-state index in [0.717, 1.165) is 17.0 Å². The minimum absolute atomic E-state index is 0.0651. The van der Waals surface area contributed by atoms with Gasteiger partial charge in [0, 0.05) is 28.2 Å². The largest absolute Gasteiger partial charge is 0.545 e. The van der Waals surface area contributed by atoms with E-state index in [2.05, 4.69) is 0 Å². The Morgan fingerprint density at radius 1 is 1.27 bits per heavy atom. The van der Waals surface area contributed by atoms with Crippen molar-refractivity contribution >= 4 is 45.8 Å². The number of nitrogens with one attached hydrogen (secondary N) is 1. The van der Waals surface area contributed by atoms with Crippen LogP contribution < -0.4 is 10.0 Å². The Labute approximate surface area is 177 Å². The van der Waals surface area contributed by atoms with Crippen LogP contribution in [0.3, 0.4) is 0 Å². The average Bonchev–Trinajstić information content (AvgIpc) is 2.72. The molecular weight excluding hydrogens is 406 g/mol. The summed E-state index contributed by atoms with van der Waals surface area (Å²) >= 11 is 5.93. The zero-order valence-corrected chi connectivity index (χ0v) is 16.9. The number of carbonyl (C=O) groups excluding carboxylic acids is 1. The van der Waals surface area contributed by atoms with Crippen LogP contribution >= 0.6 is 11.6 Å². The van der Waals surface area contributed by atoms with Gasteiger partial charge in [-0.05, 0) is 30.7 Å². The van der Waals surface area contributed by atoms with Gasteiger partial charge in [-0.25, -0.2) is 4.98 Å². The molecule has 0 saturated heterocycles. The Morgan fingerprint density at radius 2 is 2.03 bits per heavy atom. The molecule has 4 rings (SSSR count). The molecule has 1 atom stereocenters. The lowest BCUT2D eigenvalue weighted by molar-refractivity contribution is -0.905. The fraction of sp³-hybridized carbons (Fsp3) is 0.182. The number of quaternary nitrogens is 1. The third-order valence-electron chi connectivity index (χ3n) is 5.38. The molecule has 152 valence electrons. The number of likely N-dealkylation sites (N-methyl/N-ethyl adjacent to an activating group) is 1. The molecule has 1 unspecified atom stereocenters. The standard InChI is InChI=1S/C22H18ClN3O4/c1-2-25-11-14(9-13-7-8-17(23)19(10-13)26(29)30)21-16(12-25)20(22(27)28)15-5-3-4-6-18(15)24-21/h3-10H,2,11-12H2,1H3,(H,27,28)/b14-9+. The minimum atomic E-state index is -1.23. The number of halogens is 1. The summed E-state index contributed by atoms with van der Waals surface area (Å²) in [4.78, 5) is 28.7. The van der Waals surface area contributed by atoms with Crippen LogP contribution in [0.5, 0.6) is 0 Å². The first-order chi connectivity index (χ1) is 14.4. The van der Waals surface area contributed by atoms with Crippen LogP contribution in [0.1, 0.15) is 34.1 Å². The second-order valence-electron chi connectivity index (χ2n) is 7.21. The fourth-order valence-corrected chi connectivity index (χ4v) is 4.10. The van der Waals surface area contributed by atoms with Crippen LogP contribution in [0.2, 0.25) is 5.02 Å². The molecule has 2 aromatic carbocycles. The van der Waals surface area contributed by atoms with Gasteiger partial charge >= 0.3 is 0 Å². The predicted molar refractivity (Wildman–Crippen MR) is 112 cm³/mol. The highest BCUT2D eigenvalue weighted by atomic mass is 35.5. The highest BCUT2D eigenvalue weighted by Crippen LogP contribution is 2.31. The van der Waals surface area contributed by atoms with E-state index in [9.17, 15) is 20.0 Å². The van der Waals surface area contributed by atoms with E-state index >= 15 is 0 Å². The maximum absolute atomic E-state index is 12.0. The number of fused-ring (bicyclic) bond motifs is 2. The number of rotatable bonds is 4. The van der Waals surface area contributed by atoms with Crippen LogP contribution in [0.15, 0.2) is 42.5 Å². The topological polar surface area (TPSA) is 101 Å². The van der Waals surface area contributed by atoms with Gasteiger partial charge in [-0.15, -0.1) is 0 Å². The van der Waals surface area contributed by atoms with Crippen molar-refractivity contribution in [2.45, 2.75) is 13.5 Å². The van der Waals surface area contributed by atoms with Gasteiger partial charge in [0.15, 0.2) is 0 Å². The van der Waals surface area contributed by atoms with Crippen molar-refractivity contribution in [3.05, 3.63) is 80.0 Å². The second-order valence-corrected chi connectivity index (χ2v) is 7.62. The van der Waals surface area contributed by atoms with Gasteiger partial charge in [0.25, 0.3) is 5.69 Å². The highest BCUT2D eigenvalue weighted by molar-refractivity contribution is 6.32. The van der Waals surface area contributed by atoms with Crippen LogP contribution in [-0.4, -0.2) is 29.0 Å². The van der Waals surface area contributed by atoms with E-state index < -0.39 is 10.9 Å². The summed E-state index contributed by atoms with van der Waals surface area (Å²) in [5.74, 6) is -1.23. The summed E-state index contributed by atoms with van der Waals surface area (Å²) < 4.78 is 0. The van der Waals surface area contributed by atoms with Gasteiger partial charge in [0.05, 0.1) is 28.6 Å². The molecule has 2 heterocycles. The lowest BCUT2D eigenvalue weighted by Gasteiger charge is -2.29. The lowest BCUT2D eigenvalue weighted by Crippen LogP contribution is -3.11. The first kappa shape index (κ1) is 20.0. The molecule has 1 aliphatic rings. The molecule has 1 N–H and O–H groups in total. The van der Waals surface area contributed by atoms with E-state index in [0.29, 0.717) is 40.8 Å². The van der Waals surface area contributed by atoms with E-state index in [-0.39, 0.29) is 16.3 Å². The molecule has 0 fully saturated rings. The molecule has 7 nitrogen and oxygen atoms in total. The monoisotopic (exact) mass is 423 g/mol. The summed E-state index contributed by atoms with van der Waals surface area (Å²) in [6, 6.07) is 11.7. The summed E-state index contributed by atoms with van der Waals surface area (Å²) in [7, 11) is 0. The number of hydrogen-bond donors (Lipinski definition) is 1. The molecule has 0 amide bonds. The van der Waals surface area contributed by atoms with E-state index in [1.807, 2.05) is 13.0 Å². The molecule has 1 aliphatic heterocycles. The molecule has 0 saturated carbocycles. The van der Waals surface area contributed by atoms with E-state index in [1.54, 1.807) is 30.3 Å². The van der Waals surface area contributed by atoms with Crippen LogP contribution in [0, 0.1) is 10.1 Å². The number of carbonyl (C=O) groups is 1. The molecule has 0 radical (unpaired) electrons. The van der Waals surface area contributed by atoms with Gasteiger partial charge in [0.2, 0.25) is 0 Å². The Balaban J connectivity index is 1.96. The lowest BCUT2D eigenvalue weighted by atomic mass is 9.92. The molecule has 0 bridgehead atoms. The SMILES string of the molecule is CC[NH+]1C/C(=C\c2ccc(Cl)c([N+](=O)[O-])c2)c2nc3ccccc3c(C(=O)[O-])c2C1. The number of para-hydroxylation sites is 1. The summed E-state index contributed by atoms with van der Waals surface area (Å²) in [5, 5.41) is 23.9. The number of carboxylic acids is 1. The number of nitro benzene ring substituents is 1. The van der Waals surface area contributed by atoms with Crippen LogP contribution in [0.4, 0.5) is 5.69 Å². The quantitative estimate of drug-likeness (QED) is 0.511. The second kappa shape index (κ2) is 7.85. The maximum Gasteiger partial charge on any atom is 0.288 e. The smallest absolute Gasteiger partial charge is 0.288 e. The van der Waals surface area contributed by atoms with Gasteiger partial charge in [-0.1, -0.05) is 35.9 Å². The zero-order valence-electron chi connectivity index (χ0n) is 16.1. The normalized spacial score (nSPS) is 17.1. The number of benzene rings is 2. The van der Waals surface area contributed by atoms with Gasteiger partial charge < -0.3 is 14.8 Å². The summed E-state index contributed by atoms with van der Waals surface area (Å²) in [6.07, 6.45) is 1.82. The number of aromatic carboxylic acids is 1. The van der Waals surface area contributed by atoms with E-state index in [4.69, 9.17) is 16.6 Å². The number of carboxylic acid groups (broad SMARTS) is 1. The zero-order chi connectivity index (χ0) is 21.4. The van der Waals surface area contributed by atoms with E-state index in [1.165, 1.54) is 12.1 Å². The molecule has 0 spiro atoms. The predicted octanol–water partition coefficient (Wildman–Crippen LogP) is 2.12. The van der Waals surface area contributed by atoms with Crippen LogP contribution in [0.25, 0.3) is 22.6 Å². The average molecular weight is 424 g/mol. The molecule has 30 heavy (non-hydrogen) atoms. The Hall–Kier alpha value is -3.29. The van der Waals surface area contributed by atoms with Gasteiger partial charge in [-0.2, -0.15) is 0 Å². The molecule has 0 aliphatic carbocycles. The number of nitrogens with zero attached hydrogens (tertiary/aromatic N) is 2. The van der Waals surface area contributed by atoms with Gasteiger partial charge in [0.1, 0.15) is 18.1 Å². The van der Waals surface area contributed by atoms with Crippen molar-refractivity contribution in [1.82, 2.24) is 4.98 Å². The Bertz CT molecular complexity index is 1220. The van der Waals surface area contributed by atoms with Crippen molar-refractivity contribution in [3.8, 4) is 0 Å². The maximum atomic E-state index is 12.0. The summed E-state index contributed by atoms with van der Waals surface area (Å²) in [5.41, 5.74) is 3.21. The molecule has 1 aromatic heterocycles. The van der Waals surface area contributed by atoms with Crippen molar-refractivity contribution < 1.29 is 19.7 Å². The van der Waals surface area contributed by atoms with Crippen molar-refractivity contribution in [3.63, 3.8) is 0 Å². The number of hydrogen-bond acceptors (Lipinski definition) is 5. The number of aromatic nitrogens is 1. The van der Waals surface area contributed by atoms with Crippen molar-refractivity contribution in [2.24, 2.45) is 0 Å². The Morgan fingerprint density at radius 3 is 2.73 bits per heavy atom.